The van der Waals surface area contributed by atoms with Crippen LogP contribution in [0, 0.1) is 6.92 Å². The Morgan fingerprint density at radius 1 is 1.37 bits per heavy atom. The lowest BCUT2D eigenvalue weighted by Gasteiger charge is -2.21. The molecular weight excluding hydrogens is 247 g/mol. The Morgan fingerprint density at radius 3 is 2.47 bits per heavy atom. The van der Waals surface area contributed by atoms with Crippen molar-refractivity contribution >= 4 is 5.97 Å². The number of carbonyl (C=O) groups excluding carboxylic acids is 1. The number of halogens is 1. The molecule has 1 aromatic rings. The molecule has 0 heterocycles. The van der Waals surface area contributed by atoms with E-state index in [1.807, 2.05) is 19.1 Å². The van der Waals surface area contributed by atoms with Gasteiger partial charge in [-0.3, -0.25) is 0 Å². The van der Waals surface area contributed by atoms with Crippen LogP contribution in [0.1, 0.15) is 38.8 Å². The van der Waals surface area contributed by atoms with Gasteiger partial charge in [0.15, 0.2) is 0 Å². The monoisotopic (exact) mass is 268 g/mol. The van der Waals surface area contributed by atoms with Crippen molar-refractivity contribution in [2.75, 3.05) is 6.61 Å². The van der Waals surface area contributed by atoms with Crippen LogP contribution < -0.4 is 4.74 Å². The van der Waals surface area contributed by atoms with Gasteiger partial charge in [-0.15, -0.1) is 0 Å². The summed E-state index contributed by atoms with van der Waals surface area (Å²) in [5.74, 6) is -0.643. The van der Waals surface area contributed by atoms with Gasteiger partial charge >= 0.3 is 12.3 Å². The first kappa shape index (κ1) is 15.5. The number of hydrogen-bond acceptors (Lipinski definition) is 3. The first-order chi connectivity index (χ1) is 8.75. The Labute approximate surface area is 113 Å². The van der Waals surface area contributed by atoms with E-state index in [1.54, 1.807) is 13.0 Å². The maximum Gasteiger partial charge on any atom is 0.381 e. The van der Waals surface area contributed by atoms with Crippen molar-refractivity contribution in [2.24, 2.45) is 0 Å². The van der Waals surface area contributed by atoms with Crippen LogP contribution in [0.3, 0.4) is 0 Å². The predicted molar refractivity (Wildman–Crippen MR) is 72.0 cm³/mol. The molecule has 0 spiro atoms. The van der Waals surface area contributed by atoms with Gasteiger partial charge in [-0.2, -0.15) is 4.39 Å². The molecule has 0 saturated heterocycles. The fourth-order valence-corrected chi connectivity index (χ4v) is 1.62. The number of rotatable bonds is 4. The number of aryl methyl sites for hydroxylation is 1. The molecule has 1 aromatic carbocycles. The van der Waals surface area contributed by atoms with Crippen molar-refractivity contribution in [1.82, 2.24) is 0 Å². The molecule has 0 aliphatic carbocycles. The van der Waals surface area contributed by atoms with E-state index in [1.165, 1.54) is 0 Å². The van der Waals surface area contributed by atoms with Gasteiger partial charge < -0.3 is 9.47 Å². The SMILES string of the molecule is CCOC(=O)C(F)Oc1ccc(C(C)(C)C)cc1C. The summed E-state index contributed by atoms with van der Waals surface area (Å²) in [6.07, 6.45) is -2.08. The summed E-state index contributed by atoms with van der Waals surface area (Å²) >= 11 is 0. The molecule has 1 unspecified atom stereocenters. The van der Waals surface area contributed by atoms with Gasteiger partial charge in [0.2, 0.25) is 0 Å². The molecule has 4 heteroatoms. The largest absolute Gasteiger partial charge is 0.461 e. The van der Waals surface area contributed by atoms with Crippen LogP contribution in [0.4, 0.5) is 4.39 Å². The maximum atomic E-state index is 13.5. The number of benzene rings is 1. The highest BCUT2D eigenvalue weighted by molar-refractivity contribution is 5.73. The first-order valence-corrected chi connectivity index (χ1v) is 6.34. The molecule has 0 fully saturated rings. The number of esters is 1. The average Bonchev–Trinajstić information content (AvgIpc) is 2.30. The van der Waals surface area contributed by atoms with E-state index >= 15 is 0 Å². The van der Waals surface area contributed by atoms with E-state index in [0.29, 0.717) is 5.75 Å². The molecule has 0 aliphatic heterocycles. The fraction of sp³-hybridized carbons (Fsp3) is 0.533. The zero-order valence-corrected chi connectivity index (χ0v) is 12.1. The van der Waals surface area contributed by atoms with Gasteiger partial charge in [0.25, 0.3) is 0 Å². The van der Waals surface area contributed by atoms with Crippen LogP contribution >= 0.6 is 0 Å². The molecule has 0 saturated carbocycles. The minimum Gasteiger partial charge on any atom is -0.461 e. The van der Waals surface area contributed by atoms with Gasteiger partial charge in [0.1, 0.15) is 5.75 Å². The molecule has 1 atom stereocenters. The molecular formula is C15H21FO3. The Kier molecular flexibility index (Phi) is 4.92. The first-order valence-electron chi connectivity index (χ1n) is 6.34. The smallest absolute Gasteiger partial charge is 0.381 e. The van der Waals surface area contributed by atoms with Crippen molar-refractivity contribution in [2.45, 2.75) is 46.4 Å². The lowest BCUT2D eigenvalue weighted by molar-refractivity contribution is -0.159. The summed E-state index contributed by atoms with van der Waals surface area (Å²) in [4.78, 5) is 11.2. The number of alkyl halides is 1. The Bertz CT molecular complexity index is 449. The second kappa shape index (κ2) is 6.04. The van der Waals surface area contributed by atoms with E-state index in [9.17, 15) is 9.18 Å². The summed E-state index contributed by atoms with van der Waals surface area (Å²) in [7, 11) is 0. The third kappa shape index (κ3) is 4.23. The van der Waals surface area contributed by atoms with Crippen LogP contribution in [0.25, 0.3) is 0 Å². The van der Waals surface area contributed by atoms with Crippen molar-refractivity contribution in [3.8, 4) is 5.75 Å². The lowest BCUT2D eigenvalue weighted by Crippen LogP contribution is -2.25. The molecule has 0 radical (unpaired) electrons. The van der Waals surface area contributed by atoms with E-state index in [0.717, 1.165) is 11.1 Å². The Balaban J connectivity index is 2.83. The average molecular weight is 268 g/mol. The summed E-state index contributed by atoms with van der Waals surface area (Å²) in [5.41, 5.74) is 1.93. The molecule has 0 amide bonds. The Hall–Kier alpha value is -1.58. The summed E-state index contributed by atoms with van der Waals surface area (Å²) in [6, 6.07) is 5.50. The van der Waals surface area contributed by atoms with E-state index in [2.05, 4.69) is 25.5 Å². The minimum absolute atomic E-state index is 0.0134. The number of ether oxygens (including phenoxy) is 2. The highest BCUT2D eigenvalue weighted by Gasteiger charge is 2.22. The van der Waals surface area contributed by atoms with Crippen LogP contribution in [-0.4, -0.2) is 18.9 Å². The Morgan fingerprint density at radius 2 is 2.00 bits per heavy atom. The van der Waals surface area contributed by atoms with E-state index < -0.39 is 12.3 Å². The van der Waals surface area contributed by atoms with Crippen molar-refractivity contribution in [3.05, 3.63) is 29.3 Å². The predicted octanol–water partition coefficient (Wildman–Crippen LogP) is 3.53. The van der Waals surface area contributed by atoms with E-state index in [4.69, 9.17) is 4.74 Å². The van der Waals surface area contributed by atoms with Gasteiger partial charge in [-0.1, -0.05) is 32.9 Å². The van der Waals surface area contributed by atoms with E-state index in [-0.39, 0.29) is 12.0 Å². The summed E-state index contributed by atoms with van der Waals surface area (Å²) in [5, 5.41) is 0. The zero-order chi connectivity index (χ0) is 14.6. The number of hydrogen-bond donors (Lipinski definition) is 0. The number of carbonyl (C=O) groups is 1. The second-order valence-corrected chi connectivity index (χ2v) is 5.42. The standard InChI is InChI=1S/C15H21FO3/c1-6-18-14(17)13(16)19-12-8-7-11(9-10(12)2)15(3,4)5/h7-9,13H,6H2,1-5H3. The third-order valence-corrected chi connectivity index (χ3v) is 2.74. The van der Waals surface area contributed by atoms with Crippen LogP contribution in [0.5, 0.6) is 5.75 Å². The van der Waals surface area contributed by atoms with Gasteiger partial charge in [0.05, 0.1) is 6.61 Å². The molecule has 0 aliphatic rings. The molecule has 19 heavy (non-hydrogen) atoms. The van der Waals surface area contributed by atoms with Crippen LogP contribution in [0.15, 0.2) is 18.2 Å². The topological polar surface area (TPSA) is 35.5 Å². The molecule has 0 N–H and O–H groups in total. The highest BCUT2D eigenvalue weighted by Crippen LogP contribution is 2.28. The summed E-state index contributed by atoms with van der Waals surface area (Å²) in [6.45, 7) is 9.86. The molecule has 0 aromatic heterocycles. The molecule has 0 bridgehead atoms. The van der Waals surface area contributed by atoms with Crippen molar-refractivity contribution in [1.29, 1.82) is 0 Å². The van der Waals surface area contributed by atoms with Crippen LogP contribution in [-0.2, 0) is 14.9 Å². The third-order valence-electron chi connectivity index (χ3n) is 2.74. The van der Waals surface area contributed by atoms with Gasteiger partial charge in [-0.05, 0) is 36.5 Å². The van der Waals surface area contributed by atoms with Crippen molar-refractivity contribution in [3.63, 3.8) is 0 Å². The van der Waals surface area contributed by atoms with Crippen LogP contribution in [0.2, 0.25) is 0 Å². The maximum absolute atomic E-state index is 13.5. The van der Waals surface area contributed by atoms with Gasteiger partial charge in [0, 0.05) is 0 Å². The quantitative estimate of drug-likeness (QED) is 0.784. The van der Waals surface area contributed by atoms with Crippen molar-refractivity contribution < 1.29 is 18.7 Å². The molecule has 106 valence electrons. The second-order valence-electron chi connectivity index (χ2n) is 5.42. The molecule has 1 rings (SSSR count). The molecule has 3 nitrogen and oxygen atoms in total. The normalized spacial score (nSPS) is 12.9. The fourth-order valence-electron chi connectivity index (χ4n) is 1.62. The zero-order valence-electron chi connectivity index (χ0n) is 12.1. The van der Waals surface area contributed by atoms with Gasteiger partial charge in [-0.25, -0.2) is 4.79 Å². The highest BCUT2D eigenvalue weighted by atomic mass is 19.1. The summed E-state index contributed by atoms with van der Waals surface area (Å²) < 4.78 is 23.0. The lowest BCUT2D eigenvalue weighted by atomic mass is 9.86. The minimum atomic E-state index is -2.08.